The summed E-state index contributed by atoms with van der Waals surface area (Å²) in [6.07, 6.45) is 0.353. The highest BCUT2D eigenvalue weighted by molar-refractivity contribution is 7.80. The Kier molecular flexibility index (Phi) is 5.69. The molecule has 1 rings (SSSR count). The van der Waals surface area contributed by atoms with Crippen LogP contribution in [0, 0.1) is 5.82 Å². The van der Waals surface area contributed by atoms with Crippen LogP contribution >= 0.6 is 23.8 Å². The van der Waals surface area contributed by atoms with Gasteiger partial charge in [-0.05, 0) is 19.1 Å². The second-order valence-corrected chi connectivity index (χ2v) is 5.33. The molecule has 1 amide bonds. The summed E-state index contributed by atoms with van der Waals surface area (Å²) in [5.41, 5.74) is 5.66. The third-order valence-electron chi connectivity index (χ3n) is 2.94. The first kappa shape index (κ1) is 15.9. The first-order chi connectivity index (χ1) is 8.82. The minimum Gasteiger partial charge on any atom is -0.393 e. The Labute approximate surface area is 122 Å². The minimum atomic E-state index is -0.476. The summed E-state index contributed by atoms with van der Waals surface area (Å²) in [7, 11) is 1.64. The van der Waals surface area contributed by atoms with E-state index in [1.165, 1.54) is 17.0 Å². The molecule has 0 aliphatic rings. The van der Waals surface area contributed by atoms with E-state index in [9.17, 15) is 9.18 Å². The van der Waals surface area contributed by atoms with Gasteiger partial charge in [-0.15, -0.1) is 0 Å². The van der Waals surface area contributed by atoms with Gasteiger partial charge >= 0.3 is 0 Å². The van der Waals surface area contributed by atoms with Gasteiger partial charge in [0.2, 0.25) is 5.91 Å². The molecule has 6 heteroatoms. The van der Waals surface area contributed by atoms with Gasteiger partial charge in [0.15, 0.2) is 0 Å². The molecule has 0 fully saturated rings. The average Bonchev–Trinajstić information content (AvgIpc) is 2.32. The summed E-state index contributed by atoms with van der Waals surface area (Å²) in [5, 5.41) is 0.253. The molecule has 1 atom stereocenters. The fraction of sp³-hybridized carbons (Fsp3) is 0.385. The minimum absolute atomic E-state index is 0.0797. The monoisotopic (exact) mass is 302 g/mol. The second-order valence-electron chi connectivity index (χ2n) is 4.40. The zero-order valence-electron chi connectivity index (χ0n) is 10.8. The van der Waals surface area contributed by atoms with Crippen LogP contribution in [0.5, 0.6) is 0 Å². The molecule has 19 heavy (non-hydrogen) atoms. The molecule has 0 bridgehead atoms. The number of carbonyl (C=O) groups is 1. The normalized spacial score (nSPS) is 12.0. The molecule has 1 unspecified atom stereocenters. The number of carbonyl (C=O) groups excluding carboxylic acids is 1. The number of rotatable bonds is 5. The molecular formula is C13H16ClFN2OS. The molecular weight excluding hydrogens is 287 g/mol. The van der Waals surface area contributed by atoms with Gasteiger partial charge in [0.1, 0.15) is 5.82 Å². The predicted molar refractivity (Wildman–Crippen MR) is 78.7 cm³/mol. The average molecular weight is 303 g/mol. The number of thiocarbonyl (C=S) groups is 1. The van der Waals surface area contributed by atoms with Crippen LogP contribution in [0.4, 0.5) is 4.39 Å². The zero-order chi connectivity index (χ0) is 14.6. The van der Waals surface area contributed by atoms with E-state index < -0.39 is 5.82 Å². The van der Waals surface area contributed by atoms with Crippen molar-refractivity contribution in [2.24, 2.45) is 5.73 Å². The summed E-state index contributed by atoms with van der Waals surface area (Å²) in [5.74, 6) is -0.702. The Morgan fingerprint density at radius 2 is 2.21 bits per heavy atom. The van der Waals surface area contributed by atoms with Crippen LogP contribution in [0.1, 0.15) is 18.9 Å². The van der Waals surface area contributed by atoms with Gasteiger partial charge in [-0.3, -0.25) is 4.79 Å². The molecule has 104 valence electrons. The van der Waals surface area contributed by atoms with Gasteiger partial charge in [0.05, 0.1) is 11.4 Å². The van der Waals surface area contributed by atoms with Gasteiger partial charge in [-0.1, -0.05) is 29.9 Å². The van der Waals surface area contributed by atoms with E-state index in [1.807, 2.05) is 6.92 Å². The van der Waals surface area contributed by atoms with E-state index in [0.29, 0.717) is 11.4 Å². The van der Waals surface area contributed by atoms with E-state index in [-0.39, 0.29) is 29.0 Å². The number of benzene rings is 1. The molecule has 3 nitrogen and oxygen atoms in total. The van der Waals surface area contributed by atoms with Crippen LogP contribution in [0.25, 0.3) is 0 Å². The summed E-state index contributed by atoms with van der Waals surface area (Å²) in [6, 6.07) is 4.22. The van der Waals surface area contributed by atoms with Gasteiger partial charge in [-0.2, -0.15) is 0 Å². The van der Waals surface area contributed by atoms with Gasteiger partial charge in [-0.25, -0.2) is 4.39 Å². The Hall–Kier alpha value is -1.20. The van der Waals surface area contributed by atoms with Crippen LogP contribution in [-0.2, 0) is 11.2 Å². The maximum Gasteiger partial charge on any atom is 0.227 e. The standard InChI is InChI=1S/C13H16ClFN2OS/c1-8(6-12(16)19)17(2)13(18)7-9-10(14)4-3-5-11(9)15/h3-5,8H,6-7H2,1-2H3,(H2,16,19). The van der Waals surface area contributed by atoms with Crippen molar-refractivity contribution in [3.05, 3.63) is 34.6 Å². The molecule has 0 saturated carbocycles. The molecule has 0 saturated heterocycles. The SMILES string of the molecule is CC(CC(N)=S)N(C)C(=O)Cc1c(F)cccc1Cl. The lowest BCUT2D eigenvalue weighted by molar-refractivity contribution is -0.130. The fourth-order valence-corrected chi connectivity index (χ4v) is 2.12. The van der Waals surface area contributed by atoms with E-state index in [2.05, 4.69) is 0 Å². The van der Waals surface area contributed by atoms with E-state index in [0.717, 1.165) is 0 Å². The number of hydrogen-bond acceptors (Lipinski definition) is 2. The lowest BCUT2D eigenvalue weighted by Gasteiger charge is -2.25. The zero-order valence-corrected chi connectivity index (χ0v) is 12.4. The van der Waals surface area contributed by atoms with Crippen LogP contribution < -0.4 is 5.73 Å². The van der Waals surface area contributed by atoms with Crippen molar-refractivity contribution in [3.8, 4) is 0 Å². The van der Waals surface area contributed by atoms with Crippen LogP contribution in [0.3, 0.4) is 0 Å². The third-order valence-corrected chi connectivity index (χ3v) is 3.46. The molecule has 0 heterocycles. The second kappa shape index (κ2) is 6.82. The van der Waals surface area contributed by atoms with Crippen molar-refractivity contribution >= 4 is 34.7 Å². The molecule has 1 aromatic carbocycles. The lowest BCUT2D eigenvalue weighted by Crippen LogP contribution is -2.38. The lowest BCUT2D eigenvalue weighted by atomic mass is 10.1. The highest BCUT2D eigenvalue weighted by Gasteiger charge is 2.19. The number of halogens is 2. The first-order valence-corrected chi connectivity index (χ1v) is 6.58. The molecule has 0 aromatic heterocycles. The van der Waals surface area contributed by atoms with Crippen LogP contribution in [-0.4, -0.2) is 28.9 Å². The number of likely N-dealkylation sites (N-methyl/N-ethyl adjacent to an activating group) is 1. The number of amides is 1. The number of hydrogen-bond donors (Lipinski definition) is 1. The van der Waals surface area contributed by atoms with Crippen LogP contribution in [0.15, 0.2) is 18.2 Å². The Balaban J connectivity index is 2.77. The van der Waals surface area contributed by atoms with E-state index in [4.69, 9.17) is 29.6 Å². The van der Waals surface area contributed by atoms with Crippen molar-refractivity contribution < 1.29 is 9.18 Å². The van der Waals surface area contributed by atoms with E-state index >= 15 is 0 Å². The Bertz CT molecular complexity index is 475. The molecule has 0 aliphatic heterocycles. The van der Waals surface area contributed by atoms with Crippen molar-refractivity contribution in [2.45, 2.75) is 25.8 Å². The van der Waals surface area contributed by atoms with Crippen molar-refractivity contribution in [1.29, 1.82) is 0 Å². The summed E-state index contributed by atoms with van der Waals surface area (Å²) >= 11 is 10.7. The third kappa shape index (κ3) is 4.44. The number of nitrogens with zero attached hydrogens (tertiary/aromatic N) is 1. The largest absolute Gasteiger partial charge is 0.393 e. The van der Waals surface area contributed by atoms with Gasteiger partial charge in [0.25, 0.3) is 0 Å². The molecule has 2 N–H and O–H groups in total. The Morgan fingerprint density at radius 3 is 2.74 bits per heavy atom. The van der Waals surface area contributed by atoms with Crippen molar-refractivity contribution in [1.82, 2.24) is 4.90 Å². The van der Waals surface area contributed by atoms with Crippen molar-refractivity contribution in [2.75, 3.05) is 7.05 Å². The van der Waals surface area contributed by atoms with Gasteiger partial charge in [0, 0.05) is 30.1 Å². The maximum atomic E-state index is 13.6. The predicted octanol–water partition coefficient (Wildman–Crippen LogP) is 2.54. The topological polar surface area (TPSA) is 46.3 Å². The summed E-state index contributed by atoms with van der Waals surface area (Å²) in [6.45, 7) is 1.83. The summed E-state index contributed by atoms with van der Waals surface area (Å²) < 4.78 is 13.6. The smallest absolute Gasteiger partial charge is 0.227 e. The fourth-order valence-electron chi connectivity index (χ4n) is 1.65. The quantitative estimate of drug-likeness (QED) is 0.850. The first-order valence-electron chi connectivity index (χ1n) is 5.79. The van der Waals surface area contributed by atoms with Gasteiger partial charge < -0.3 is 10.6 Å². The number of nitrogens with two attached hydrogens (primary N) is 1. The maximum absolute atomic E-state index is 13.6. The van der Waals surface area contributed by atoms with Crippen LogP contribution in [0.2, 0.25) is 5.02 Å². The molecule has 0 spiro atoms. The molecule has 0 radical (unpaired) electrons. The van der Waals surface area contributed by atoms with E-state index in [1.54, 1.807) is 13.1 Å². The summed E-state index contributed by atoms with van der Waals surface area (Å²) in [4.78, 5) is 13.9. The highest BCUT2D eigenvalue weighted by atomic mass is 35.5. The Morgan fingerprint density at radius 1 is 1.58 bits per heavy atom. The highest BCUT2D eigenvalue weighted by Crippen LogP contribution is 2.20. The molecule has 0 aliphatic carbocycles. The van der Waals surface area contributed by atoms with Crippen molar-refractivity contribution in [3.63, 3.8) is 0 Å². The molecule has 1 aromatic rings.